The fraction of sp³-hybridized carbons (Fsp3) is 0.125. The lowest BCUT2D eigenvalue weighted by Crippen LogP contribution is -2.05. The molecule has 5 aromatic carbocycles. The maximum absolute atomic E-state index is 12.0. The Morgan fingerprint density at radius 1 is 0.696 bits per heavy atom. The molecule has 0 atom stereocenters. The lowest BCUT2D eigenvalue weighted by molar-refractivity contribution is 0.340. The highest BCUT2D eigenvalue weighted by molar-refractivity contribution is 7.86. The van der Waals surface area contributed by atoms with Gasteiger partial charge in [-0.05, 0) is 115 Å². The highest BCUT2D eigenvalue weighted by Gasteiger charge is 2.19. The fourth-order valence-electron chi connectivity index (χ4n) is 4.70. The summed E-state index contributed by atoms with van der Waals surface area (Å²) >= 11 is 0. The zero-order chi connectivity index (χ0) is 33.2. The summed E-state index contributed by atoms with van der Waals surface area (Å²) in [7, 11) is -10.4. The summed E-state index contributed by atoms with van der Waals surface area (Å²) in [4.78, 5) is -1.93. The van der Waals surface area contributed by atoms with E-state index in [2.05, 4.69) is 20.5 Å². The van der Waals surface area contributed by atoms with Crippen LogP contribution in [0.3, 0.4) is 0 Å². The van der Waals surface area contributed by atoms with Gasteiger partial charge in [0.25, 0.3) is 0 Å². The van der Waals surface area contributed by atoms with E-state index in [1.807, 2.05) is 62.4 Å². The molecule has 5 aromatic rings. The molecule has 0 amide bonds. The minimum Gasteiger partial charge on any atom is -0.744 e. The first-order valence-corrected chi connectivity index (χ1v) is 16.6. The van der Waals surface area contributed by atoms with Crippen LogP contribution in [0.15, 0.2) is 115 Å². The largest absolute Gasteiger partial charge is 0.744 e. The van der Waals surface area contributed by atoms with E-state index in [1.165, 1.54) is 6.07 Å². The molecule has 0 bridgehead atoms. The summed E-state index contributed by atoms with van der Waals surface area (Å²) in [5.41, 5.74) is 4.76. The van der Waals surface area contributed by atoms with Gasteiger partial charge in [-0.25, -0.2) is 16.8 Å². The quantitative estimate of drug-likeness (QED) is 0.122. The number of fused-ring (bicyclic) bond motifs is 1. The molecule has 5 rings (SSSR count). The number of hydrogen-bond acceptors (Lipinski definition) is 12. The van der Waals surface area contributed by atoms with Crippen molar-refractivity contribution in [2.75, 3.05) is 6.61 Å². The minimum atomic E-state index is -5.29. The Labute approximate surface area is 265 Å². The molecule has 14 heteroatoms. The number of hydrogen-bond donors (Lipinski definition) is 1. The average molecular weight is 659 g/mol. The molecular weight excluding hydrogens is 633 g/mol. The molecule has 0 aliphatic heterocycles. The van der Waals surface area contributed by atoms with Gasteiger partial charge in [0, 0.05) is 5.39 Å². The number of azo groups is 2. The standard InChI is InChI=1S/C32H28N4O8S2/c1-4-44-25-10-8-24(9-11-25)33-34-27-12-5-21(15-19(27)2)22-6-13-28(20(3)16-22)35-36-32-29(37)14-7-23-17-26(45(38,39)40)18-30(31(23)32)46(41,42)43/h5-18,37H,4H2,1-3H3,(H,38,39,40)(H,41,42,43)/p-2. The van der Waals surface area contributed by atoms with Crippen LogP contribution in [0.25, 0.3) is 21.9 Å². The van der Waals surface area contributed by atoms with Crippen molar-refractivity contribution in [2.24, 2.45) is 20.5 Å². The number of benzene rings is 5. The molecule has 46 heavy (non-hydrogen) atoms. The second-order valence-corrected chi connectivity index (χ2v) is 12.9. The van der Waals surface area contributed by atoms with Crippen LogP contribution in [0.1, 0.15) is 18.1 Å². The van der Waals surface area contributed by atoms with Crippen LogP contribution in [-0.2, 0) is 20.2 Å². The highest BCUT2D eigenvalue weighted by atomic mass is 32.2. The molecular formula is C32H26N4O8S2-2. The van der Waals surface area contributed by atoms with Crippen molar-refractivity contribution < 1.29 is 35.8 Å². The van der Waals surface area contributed by atoms with Crippen LogP contribution in [0.2, 0.25) is 0 Å². The summed E-state index contributed by atoms with van der Waals surface area (Å²) in [5.74, 6) is 0.249. The van der Waals surface area contributed by atoms with Crippen LogP contribution in [0.4, 0.5) is 22.7 Å². The summed E-state index contributed by atoms with van der Waals surface area (Å²) in [5, 5.41) is 26.9. The molecule has 236 valence electrons. The molecule has 0 unspecified atom stereocenters. The van der Waals surface area contributed by atoms with Crippen molar-refractivity contribution in [3.63, 3.8) is 0 Å². The summed E-state index contributed by atoms with van der Waals surface area (Å²) < 4.78 is 76.3. The van der Waals surface area contributed by atoms with E-state index < -0.39 is 35.8 Å². The minimum absolute atomic E-state index is 0.108. The molecule has 0 radical (unpaired) electrons. The van der Waals surface area contributed by atoms with Crippen LogP contribution < -0.4 is 4.74 Å². The van der Waals surface area contributed by atoms with Crippen LogP contribution in [0, 0.1) is 13.8 Å². The predicted octanol–water partition coefficient (Wildman–Crippen LogP) is 7.87. The monoisotopic (exact) mass is 658 g/mol. The van der Waals surface area contributed by atoms with E-state index >= 15 is 0 Å². The zero-order valence-electron chi connectivity index (χ0n) is 24.7. The second kappa shape index (κ2) is 12.8. The Morgan fingerprint density at radius 2 is 1.28 bits per heavy atom. The number of phenolic OH excluding ortho intramolecular Hbond substituents is 1. The van der Waals surface area contributed by atoms with Gasteiger partial charge in [0.15, 0.2) is 0 Å². The Morgan fingerprint density at radius 3 is 1.80 bits per heavy atom. The van der Waals surface area contributed by atoms with Gasteiger partial charge in [-0.2, -0.15) is 15.3 Å². The van der Waals surface area contributed by atoms with Gasteiger partial charge in [-0.15, -0.1) is 5.11 Å². The van der Waals surface area contributed by atoms with E-state index in [-0.39, 0.29) is 16.5 Å². The maximum atomic E-state index is 12.0. The number of rotatable bonds is 9. The number of nitrogens with zero attached hydrogens (tertiary/aromatic N) is 4. The molecule has 0 saturated carbocycles. The second-order valence-electron chi connectivity index (χ2n) is 10.2. The molecule has 0 spiro atoms. The van der Waals surface area contributed by atoms with Gasteiger partial charge in [-0.1, -0.05) is 18.2 Å². The molecule has 0 aliphatic rings. The smallest absolute Gasteiger partial charge is 0.143 e. The van der Waals surface area contributed by atoms with Crippen molar-refractivity contribution in [1.29, 1.82) is 0 Å². The van der Waals surface area contributed by atoms with Gasteiger partial charge in [0.05, 0.1) is 33.5 Å². The van der Waals surface area contributed by atoms with E-state index in [1.54, 1.807) is 19.1 Å². The molecule has 0 fully saturated rings. The van der Waals surface area contributed by atoms with Crippen molar-refractivity contribution >= 4 is 53.8 Å². The van der Waals surface area contributed by atoms with E-state index in [0.717, 1.165) is 34.6 Å². The Balaban J connectivity index is 1.44. The number of ether oxygens (including phenoxy) is 1. The Hall–Kier alpha value is -5.02. The van der Waals surface area contributed by atoms with Crippen LogP contribution in [-0.4, -0.2) is 37.7 Å². The van der Waals surface area contributed by atoms with Crippen molar-refractivity contribution in [1.82, 2.24) is 0 Å². The fourth-order valence-corrected chi connectivity index (χ4v) is 6.04. The third-order valence-corrected chi connectivity index (χ3v) is 8.64. The average Bonchev–Trinajstić information content (AvgIpc) is 3.00. The third kappa shape index (κ3) is 7.10. The van der Waals surface area contributed by atoms with Crippen LogP contribution in [0.5, 0.6) is 11.5 Å². The van der Waals surface area contributed by atoms with Crippen LogP contribution >= 0.6 is 0 Å². The molecule has 0 heterocycles. The van der Waals surface area contributed by atoms with E-state index in [9.17, 15) is 31.0 Å². The summed E-state index contributed by atoms with van der Waals surface area (Å²) in [6.07, 6.45) is 0. The number of phenols is 1. The van der Waals surface area contributed by atoms with Crippen molar-refractivity contribution in [2.45, 2.75) is 30.6 Å². The first-order valence-electron chi connectivity index (χ1n) is 13.7. The predicted molar refractivity (Wildman–Crippen MR) is 169 cm³/mol. The lowest BCUT2D eigenvalue weighted by Gasteiger charge is -2.16. The van der Waals surface area contributed by atoms with Gasteiger partial charge in [0.1, 0.15) is 37.4 Å². The summed E-state index contributed by atoms with van der Waals surface area (Å²) in [6.45, 7) is 6.20. The Bertz CT molecular complexity index is 2250. The van der Waals surface area contributed by atoms with Gasteiger partial charge in [0.2, 0.25) is 0 Å². The van der Waals surface area contributed by atoms with Gasteiger partial charge in [-0.3, -0.25) is 0 Å². The van der Waals surface area contributed by atoms with Crippen molar-refractivity contribution in [3.05, 3.63) is 96.1 Å². The lowest BCUT2D eigenvalue weighted by atomic mass is 10.0. The third-order valence-electron chi connectivity index (χ3n) is 6.97. The van der Waals surface area contributed by atoms with E-state index in [4.69, 9.17) is 4.74 Å². The molecule has 0 saturated heterocycles. The molecule has 0 aromatic heterocycles. The Kier molecular flexibility index (Phi) is 8.99. The topological polar surface area (TPSA) is 193 Å². The first-order chi connectivity index (χ1) is 21.7. The van der Waals surface area contributed by atoms with Gasteiger partial charge < -0.3 is 18.9 Å². The summed E-state index contributed by atoms with van der Waals surface area (Å²) in [6, 6.07) is 22.1. The van der Waals surface area contributed by atoms with E-state index in [0.29, 0.717) is 35.3 Å². The zero-order valence-corrected chi connectivity index (χ0v) is 26.3. The number of aryl methyl sites for hydroxylation is 2. The maximum Gasteiger partial charge on any atom is 0.143 e. The molecule has 1 N–H and O–H groups in total. The van der Waals surface area contributed by atoms with Crippen molar-refractivity contribution in [3.8, 4) is 22.6 Å². The molecule has 12 nitrogen and oxygen atoms in total. The number of aromatic hydroxyl groups is 1. The normalized spacial score (nSPS) is 12.4. The SMILES string of the molecule is CCOc1ccc(N=Nc2ccc(-c3ccc(N=Nc4c(O)ccc5cc(S(=O)(=O)[O-])cc(S(=O)(=O)[O-])c45)c(C)c3)cc2C)cc1. The molecule has 0 aliphatic carbocycles. The first kappa shape index (κ1) is 32.4. The van der Waals surface area contributed by atoms with Gasteiger partial charge >= 0.3 is 0 Å². The highest BCUT2D eigenvalue weighted by Crippen LogP contribution is 2.41.